The highest BCUT2D eigenvalue weighted by Crippen LogP contribution is 2.29. The number of nitrogens with one attached hydrogen (secondary N) is 1. The molecule has 0 fully saturated rings. The maximum Gasteiger partial charge on any atom is 0.162 e. The molecule has 0 aliphatic heterocycles. The van der Waals surface area contributed by atoms with Crippen LogP contribution in [-0.2, 0) is 13.6 Å². The van der Waals surface area contributed by atoms with E-state index in [1.54, 1.807) is 13.2 Å². The van der Waals surface area contributed by atoms with E-state index in [0.29, 0.717) is 12.3 Å². The zero-order chi connectivity index (χ0) is 14.7. The Bertz CT molecular complexity index is 593. The Balaban J connectivity index is 2.07. The van der Waals surface area contributed by atoms with Crippen LogP contribution in [0.3, 0.4) is 0 Å². The molecule has 0 spiro atoms. The van der Waals surface area contributed by atoms with Crippen molar-refractivity contribution in [2.24, 2.45) is 7.05 Å². The van der Waals surface area contributed by atoms with Crippen LogP contribution >= 0.6 is 0 Å². The predicted octanol–water partition coefficient (Wildman–Crippen LogP) is 2.29. The molecule has 0 aliphatic carbocycles. The molecule has 5 nitrogen and oxygen atoms in total. The van der Waals surface area contributed by atoms with Crippen LogP contribution in [0.2, 0.25) is 0 Å². The third-order valence-corrected chi connectivity index (χ3v) is 3.42. The molecule has 108 valence electrons. The number of hydrogen-bond donors (Lipinski definition) is 2. The van der Waals surface area contributed by atoms with Crippen LogP contribution in [-0.4, -0.2) is 22.0 Å². The number of aryl methyl sites for hydroxylation is 2. The summed E-state index contributed by atoms with van der Waals surface area (Å²) in [5, 5.41) is 17.8. The third kappa shape index (κ3) is 2.93. The number of methoxy groups -OCH3 is 1. The molecule has 5 heteroatoms. The molecule has 1 heterocycles. The van der Waals surface area contributed by atoms with Crippen molar-refractivity contribution >= 4 is 0 Å². The molecule has 2 N–H and O–H groups in total. The van der Waals surface area contributed by atoms with Gasteiger partial charge in [-0.15, -0.1) is 0 Å². The van der Waals surface area contributed by atoms with Crippen molar-refractivity contribution in [3.8, 4) is 11.5 Å². The molecule has 0 amide bonds. The van der Waals surface area contributed by atoms with Gasteiger partial charge in [0.1, 0.15) is 0 Å². The van der Waals surface area contributed by atoms with Crippen molar-refractivity contribution in [3.05, 3.63) is 41.2 Å². The Labute approximate surface area is 119 Å². The fourth-order valence-electron chi connectivity index (χ4n) is 2.29. The van der Waals surface area contributed by atoms with Crippen LogP contribution < -0.4 is 10.1 Å². The van der Waals surface area contributed by atoms with Crippen LogP contribution in [0.1, 0.15) is 29.8 Å². The van der Waals surface area contributed by atoms with Crippen LogP contribution in [0.5, 0.6) is 11.5 Å². The summed E-state index contributed by atoms with van der Waals surface area (Å²) in [6, 6.07) is 5.66. The van der Waals surface area contributed by atoms with Crippen molar-refractivity contribution in [3.63, 3.8) is 0 Å². The van der Waals surface area contributed by atoms with E-state index in [0.717, 1.165) is 16.8 Å². The number of nitrogens with zero attached hydrogens (tertiary/aromatic N) is 2. The summed E-state index contributed by atoms with van der Waals surface area (Å²) >= 11 is 0. The topological polar surface area (TPSA) is 59.3 Å². The number of hydrogen-bond acceptors (Lipinski definition) is 4. The average molecular weight is 275 g/mol. The molecular formula is C15H21N3O2. The summed E-state index contributed by atoms with van der Waals surface area (Å²) in [6.07, 6.45) is 2.01. The normalized spacial score (nSPS) is 12.4. The highest BCUT2D eigenvalue weighted by Gasteiger charge is 2.13. The molecule has 1 atom stereocenters. The van der Waals surface area contributed by atoms with Gasteiger partial charge in [-0.25, -0.2) is 0 Å². The second-order valence-electron chi connectivity index (χ2n) is 4.91. The molecule has 1 aromatic heterocycles. The summed E-state index contributed by atoms with van der Waals surface area (Å²) in [7, 11) is 3.46. The summed E-state index contributed by atoms with van der Waals surface area (Å²) < 4.78 is 6.92. The number of aromatic nitrogens is 2. The highest BCUT2D eigenvalue weighted by atomic mass is 16.5. The van der Waals surface area contributed by atoms with E-state index < -0.39 is 0 Å². The lowest BCUT2D eigenvalue weighted by Crippen LogP contribution is -2.18. The van der Waals surface area contributed by atoms with Gasteiger partial charge in [0, 0.05) is 37.0 Å². The van der Waals surface area contributed by atoms with E-state index in [9.17, 15) is 5.11 Å². The first kappa shape index (κ1) is 14.4. The van der Waals surface area contributed by atoms with E-state index in [1.165, 1.54) is 0 Å². The standard InChI is InChI=1S/C15H21N3O2/c1-10(13-9-18(3)17-11(13)2)16-8-12-6-5-7-14(20-4)15(12)19/h5-7,9-10,16,19H,8H2,1-4H3. The van der Waals surface area contributed by atoms with Crippen LogP contribution in [0, 0.1) is 6.92 Å². The molecule has 0 radical (unpaired) electrons. The van der Waals surface area contributed by atoms with Gasteiger partial charge >= 0.3 is 0 Å². The molecule has 2 rings (SSSR count). The lowest BCUT2D eigenvalue weighted by molar-refractivity contribution is 0.369. The third-order valence-electron chi connectivity index (χ3n) is 3.42. The first-order chi connectivity index (χ1) is 9.52. The van der Waals surface area contributed by atoms with Crippen molar-refractivity contribution in [1.82, 2.24) is 15.1 Å². The zero-order valence-electron chi connectivity index (χ0n) is 12.3. The largest absolute Gasteiger partial charge is 0.504 e. The highest BCUT2D eigenvalue weighted by molar-refractivity contribution is 5.45. The second kappa shape index (κ2) is 5.96. The fourth-order valence-corrected chi connectivity index (χ4v) is 2.29. The number of para-hydroxylation sites is 1. The van der Waals surface area contributed by atoms with E-state index in [-0.39, 0.29) is 11.8 Å². The van der Waals surface area contributed by atoms with E-state index >= 15 is 0 Å². The Morgan fingerprint density at radius 3 is 2.80 bits per heavy atom. The molecule has 0 saturated heterocycles. The van der Waals surface area contributed by atoms with Crippen molar-refractivity contribution in [2.45, 2.75) is 26.4 Å². The van der Waals surface area contributed by atoms with Gasteiger partial charge in [0.05, 0.1) is 12.8 Å². The van der Waals surface area contributed by atoms with Gasteiger partial charge in [-0.3, -0.25) is 4.68 Å². The van der Waals surface area contributed by atoms with E-state index in [1.807, 2.05) is 37.0 Å². The lowest BCUT2D eigenvalue weighted by Gasteiger charge is -2.15. The second-order valence-corrected chi connectivity index (χ2v) is 4.91. The number of rotatable bonds is 5. The summed E-state index contributed by atoms with van der Waals surface area (Å²) in [4.78, 5) is 0. The quantitative estimate of drug-likeness (QED) is 0.879. The molecule has 20 heavy (non-hydrogen) atoms. The van der Waals surface area contributed by atoms with Crippen molar-refractivity contribution in [2.75, 3.05) is 7.11 Å². The van der Waals surface area contributed by atoms with Crippen LogP contribution in [0.4, 0.5) is 0 Å². The molecule has 1 aromatic carbocycles. The Morgan fingerprint density at radius 1 is 1.45 bits per heavy atom. The maximum absolute atomic E-state index is 10.0. The van der Waals surface area contributed by atoms with Gasteiger partial charge in [-0.1, -0.05) is 12.1 Å². The Hall–Kier alpha value is -2.01. The number of ether oxygens (including phenoxy) is 1. The van der Waals surface area contributed by atoms with E-state index in [2.05, 4.69) is 17.3 Å². The van der Waals surface area contributed by atoms with Crippen LogP contribution in [0.15, 0.2) is 24.4 Å². The zero-order valence-corrected chi connectivity index (χ0v) is 12.3. The van der Waals surface area contributed by atoms with Crippen molar-refractivity contribution < 1.29 is 9.84 Å². The van der Waals surface area contributed by atoms with Gasteiger partial charge in [-0.2, -0.15) is 5.10 Å². The van der Waals surface area contributed by atoms with Crippen molar-refractivity contribution in [1.29, 1.82) is 0 Å². The summed E-state index contributed by atoms with van der Waals surface area (Å²) in [5.74, 6) is 0.687. The monoisotopic (exact) mass is 275 g/mol. The van der Waals surface area contributed by atoms with Gasteiger partial charge in [0.15, 0.2) is 11.5 Å². The van der Waals surface area contributed by atoms with Gasteiger partial charge in [0.25, 0.3) is 0 Å². The van der Waals surface area contributed by atoms with Gasteiger partial charge in [0.2, 0.25) is 0 Å². The SMILES string of the molecule is COc1cccc(CNC(C)c2cn(C)nc2C)c1O. The number of phenols is 1. The number of phenolic OH excluding ortho intramolecular Hbond substituents is 1. The minimum absolute atomic E-state index is 0.161. The first-order valence-corrected chi connectivity index (χ1v) is 6.61. The summed E-state index contributed by atoms with van der Waals surface area (Å²) in [6.45, 7) is 4.65. The fraction of sp³-hybridized carbons (Fsp3) is 0.400. The Kier molecular flexibility index (Phi) is 4.29. The minimum atomic E-state index is 0.161. The molecule has 0 aliphatic rings. The lowest BCUT2D eigenvalue weighted by atomic mass is 10.1. The van der Waals surface area contributed by atoms with E-state index in [4.69, 9.17) is 4.74 Å². The number of aromatic hydroxyl groups is 1. The van der Waals surface area contributed by atoms with Gasteiger partial charge < -0.3 is 15.2 Å². The van der Waals surface area contributed by atoms with Gasteiger partial charge in [-0.05, 0) is 19.9 Å². The maximum atomic E-state index is 10.0. The molecule has 1 unspecified atom stereocenters. The summed E-state index contributed by atoms with van der Waals surface area (Å²) in [5.41, 5.74) is 3.00. The molecule has 0 saturated carbocycles. The molecule has 0 bridgehead atoms. The molecular weight excluding hydrogens is 254 g/mol. The number of benzene rings is 1. The first-order valence-electron chi connectivity index (χ1n) is 6.61. The molecule has 2 aromatic rings. The smallest absolute Gasteiger partial charge is 0.162 e. The van der Waals surface area contributed by atoms with Crippen LogP contribution in [0.25, 0.3) is 0 Å². The predicted molar refractivity (Wildman–Crippen MR) is 77.9 cm³/mol. The minimum Gasteiger partial charge on any atom is -0.504 e. The average Bonchev–Trinajstić information content (AvgIpc) is 2.76. The Morgan fingerprint density at radius 2 is 2.20 bits per heavy atom.